The Morgan fingerprint density at radius 1 is 1.00 bits per heavy atom. The normalized spacial score (nSPS) is 15.2. The lowest BCUT2D eigenvalue weighted by atomic mass is 10.2. The molecule has 0 unspecified atom stereocenters. The number of amides is 1. The highest BCUT2D eigenvalue weighted by Gasteiger charge is 2.22. The maximum absolute atomic E-state index is 13.6. The zero-order valence-corrected chi connectivity index (χ0v) is 13.6. The van der Waals surface area contributed by atoms with Gasteiger partial charge in [-0.25, -0.2) is 13.2 Å². The maximum atomic E-state index is 13.6. The zero-order valence-electron chi connectivity index (χ0n) is 13.6. The molecule has 25 heavy (non-hydrogen) atoms. The molecule has 0 spiro atoms. The first kappa shape index (κ1) is 17.3. The van der Waals surface area contributed by atoms with Crippen molar-refractivity contribution in [2.45, 2.75) is 0 Å². The highest BCUT2D eigenvalue weighted by molar-refractivity contribution is 5.91. The average molecular weight is 350 g/mol. The SMILES string of the molecule is O=C(C[NH+]1CCN(c2ccc(F)cc2)CC1)Nc1cc(F)ccc1F. The molecule has 1 aliphatic rings. The van der Waals surface area contributed by atoms with Gasteiger partial charge in [-0.2, -0.15) is 0 Å². The number of rotatable bonds is 4. The smallest absolute Gasteiger partial charge is 0.279 e. The molecular weight excluding hydrogens is 331 g/mol. The van der Waals surface area contributed by atoms with Crippen LogP contribution >= 0.6 is 0 Å². The topological polar surface area (TPSA) is 36.8 Å². The first-order valence-corrected chi connectivity index (χ1v) is 8.10. The zero-order chi connectivity index (χ0) is 17.8. The number of nitrogens with one attached hydrogen (secondary N) is 2. The van der Waals surface area contributed by atoms with Crippen LogP contribution in [0.25, 0.3) is 0 Å². The number of quaternary nitrogens is 1. The van der Waals surface area contributed by atoms with Gasteiger partial charge in [-0.1, -0.05) is 0 Å². The van der Waals surface area contributed by atoms with E-state index in [9.17, 15) is 18.0 Å². The van der Waals surface area contributed by atoms with Crippen LogP contribution in [-0.2, 0) is 4.79 Å². The fourth-order valence-electron chi connectivity index (χ4n) is 2.92. The fourth-order valence-corrected chi connectivity index (χ4v) is 2.92. The summed E-state index contributed by atoms with van der Waals surface area (Å²) in [5.74, 6) is -1.88. The van der Waals surface area contributed by atoms with Crippen molar-refractivity contribution in [2.75, 3.05) is 42.9 Å². The number of anilines is 2. The maximum Gasteiger partial charge on any atom is 0.279 e. The summed E-state index contributed by atoms with van der Waals surface area (Å²) in [7, 11) is 0. The van der Waals surface area contributed by atoms with Crippen molar-refractivity contribution in [2.24, 2.45) is 0 Å². The molecule has 0 radical (unpaired) electrons. The van der Waals surface area contributed by atoms with Crippen LogP contribution in [0, 0.1) is 17.5 Å². The summed E-state index contributed by atoms with van der Waals surface area (Å²) >= 11 is 0. The summed E-state index contributed by atoms with van der Waals surface area (Å²) < 4.78 is 39.7. The Hall–Kier alpha value is -2.54. The molecule has 0 saturated carbocycles. The minimum absolute atomic E-state index is 0.144. The molecular formula is C18H19F3N3O+. The van der Waals surface area contributed by atoms with E-state index in [0.717, 1.165) is 55.0 Å². The van der Waals surface area contributed by atoms with E-state index in [-0.39, 0.29) is 24.0 Å². The van der Waals surface area contributed by atoms with E-state index in [4.69, 9.17) is 0 Å². The van der Waals surface area contributed by atoms with Crippen molar-refractivity contribution in [3.63, 3.8) is 0 Å². The van der Waals surface area contributed by atoms with Crippen LogP contribution in [-0.4, -0.2) is 38.6 Å². The molecule has 1 amide bonds. The third-order valence-corrected chi connectivity index (χ3v) is 4.28. The highest BCUT2D eigenvalue weighted by Crippen LogP contribution is 2.15. The van der Waals surface area contributed by atoms with Crippen molar-refractivity contribution in [3.8, 4) is 0 Å². The van der Waals surface area contributed by atoms with Gasteiger partial charge in [0.2, 0.25) is 0 Å². The lowest BCUT2D eigenvalue weighted by Crippen LogP contribution is -3.15. The van der Waals surface area contributed by atoms with Gasteiger partial charge in [-0.05, 0) is 36.4 Å². The summed E-state index contributed by atoms with van der Waals surface area (Å²) in [5.41, 5.74) is 0.807. The molecule has 1 saturated heterocycles. The largest absolute Gasteiger partial charge is 0.360 e. The van der Waals surface area contributed by atoms with E-state index in [1.165, 1.54) is 12.1 Å². The van der Waals surface area contributed by atoms with E-state index < -0.39 is 11.6 Å². The van der Waals surface area contributed by atoms with E-state index in [1.54, 1.807) is 12.1 Å². The summed E-state index contributed by atoms with van der Waals surface area (Å²) in [6, 6.07) is 9.28. The van der Waals surface area contributed by atoms with Crippen molar-refractivity contribution in [1.29, 1.82) is 0 Å². The van der Waals surface area contributed by atoms with Gasteiger partial charge in [0.15, 0.2) is 6.54 Å². The molecule has 2 aromatic carbocycles. The van der Waals surface area contributed by atoms with Gasteiger partial charge in [-0.3, -0.25) is 4.79 Å². The number of carbonyl (C=O) groups excluding carboxylic acids is 1. The van der Waals surface area contributed by atoms with E-state index in [0.29, 0.717) is 0 Å². The van der Waals surface area contributed by atoms with Crippen LogP contribution in [0.3, 0.4) is 0 Å². The molecule has 0 atom stereocenters. The first-order valence-electron chi connectivity index (χ1n) is 8.10. The van der Waals surface area contributed by atoms with Crippen LogP contribution in [0.1, 0.15) is 0 Å². The summed E-state index contributed by atoms with van der Waals surface area (Å²) in [5, 5.41) is 2.42. The van der Waals surface area contributed by atoms with Crippen molar-refractivity contribution < 1.29 is 22.9 Å². The lowest BCUT2D eigenvalue weighted by Gasteiger charge is -2.33. The van der Waals surface area contributed by atoms with Crippen LogP contribution in [0.2, 0.25) is 0 Å². The van der Waals surface area contributed by atoms with Crippen LogP contribution < -0.4 is 15.1 Å². The van der Waals surface area contributed by atoms with E-state index in [2.05, 4.69) is 10.2 Å². The van der Waals surface area contributed by atoms with Crippen molar-refractivity contribution >= 4 is 17.3 Å². The number of carbonyl (C=O) groups is 1. The van der Waals surface area contributed by atoms with Crippen LogP contribution in [0.15, 0.2) is 42.5 Å². The third kappa shape index (κ3) is 4.51. The Balaban J connectivity index is 1.51. The Morgan fingerprint density at radius 2 is 1.64 bits per heavy atom. The summed E-state index contributed by atoms with van der Waals surface area (Å²) in [6.07, 6.45) is 0. The summed E-state index contributed by atoms with van der Waals surface area (Å²) in [6.45, 7) is 3.13. The number of nitrogens with zero attached hydrogens (tertiary/aromatic N) is 1. The van der Waals surface area contributed by atoms with Crippen LogP contribution in [0.5, 0.6) is 0 Å². The van der Waals surface area contributed by atoms with Gasteiger partial charge >= 0.3 is 0 Å². The molecule has 1 fully saturated rings. The number of hydrogen-bond acceptors (Lipinski definition) is 2. The molecule has 1 heterocycles. The predicted octanol–water partition coefficient (Wildman–Crippen LogP) is 1.45. The van der Waals surface area contributed by atoms with Crippen molar-refractivity contribution in [3.05, 3.63) is 59.9 Å². The number of piperazine rings is 1. The molecule has 1 aliphatic heterocycles. The predicted molar refractivity (Wildman–Crippen MR) is 89.2 cm³/mol. The second kappa shape index (κ2) is 7.57. The second-order valence-corrected chi connectivity index (χ2v) is 6.06. The Kier molecular flexibility index (Phi) is 5.23. The molecule has 0 aliphatic carbocycles. The second-order valence-electron chi connectivity index (χ2n) is 6.06. The first-order chi connectivity index (χ1) is 12.0. The number of benzene rings is 2. The fraction of sp³-hybridized carbons (Fsp3) is 0.278. The summed E-state index contributed by atoms with van der Waals surface area (Å²) in [4.78, 5) is 15.3. The molecule has 2 N–H and O–H groups in total. The standard InChI is InChI=1S/C18H18F3N3O/c19-13-1-4-15(5-2-13)24-9-7-23(8-10-24)12-18(25)22-17-11-14(20)3-6-16(17)21/h1-6,11H,7-10,12H2,(H,22,25)/p+1. The van der Waals surface area contributed by atoms with Gasteiger partial charge in [0.05, 0.1) is 31.9 Å². The third-order valence-electron chi connectivity index (χ3n) is 4.28. The lowest BCUT2D eigenvalue weighted by molar-refractivity contribution is -0.892. The van der Waals surface area contributed by atoms with Crippen LogP contribution in [0.4, 0.5) is 24.5 Å². The molecule has 7 heteroatoms. The quantitative estimate of drug-likeness (QED) is 0.876. The highest BCUT2D eigenvalue weighted by atomic mass is 19.1. The molecule has 2 aromatic rings. The molecule has 3 rings (SSSR count). The minimum atomic E-state index is -0.661. The molecule has 132 valence electrons. The monoisotopic (exact) mass is 350 g/mol. The van der Waals surface area contributed by atoms with Gasteiger partial charge in [-0.15, -0.1) is 0 Å². The Bertz CT molecular complexity index is 744. The van der Waals surface area contributed by atoms with E-state index in [1.807, 2.05) is 0 Å². The van der Waals surface area contributed by atoms with Crippen molar-refractivity contribution in [1.82, 2.24) is 0 Å². The molecule has 0 aromatic heterocycles. The molecule has 4 nitrogen and oxygen atoms in total. The number of hydrogen-bond donors (Lipinski definition) is 2. The van der Waals surface area contributed by atoms with Gasteiger partial charge in [0.1, 0.15) is 17.5 Å². The van der Waals surface area contributed by atoms with Gasteiger partial charge in [0.25, 0.3) is 5.91 Å². The van der Waals surface area contributed by atoms with Gasteiger partial charge in [0, 0.05) is 11.8 Å². The molecule has 0 bridgehead atoms. The van der Waals surface area contributed by atoms with E-state index >= 15 is 0 Å². The van der Waals surface area contributed by atoms with Gasteiger partial charge < -0.3 is 15.1 Å². The minimum Gasteiger partial charge on any atom is -0.360 e. The number of halogens is 3. The average Bonchev–Trinajstić information content (AvgIpc) is 2.59. The Morgan fingerprint density at radius 3 is 2.32 bits per heavy atom. The Labute approximate surface area is 143 Å².